The fourth-order valence-corrected chi connectivity index (χ4v) is 2.56. The van der Waals surface area contributed by atoms with Crippen LogP contribution in [0.3, 0.4) is 0 Å². The monoisotopic (exact) mass is 226 g/mol. The number of ether oxygens (including phenoxy) is 1. The lowest BCUT2D eigenvalue weighted by Gasteiger charge is -2.43. The summed E-state index contributed by atoms with van der Waals surface area (Å²) < 4.78 is 4.46. The van der Waals surface area contributed by atoms with Gasteiger partial charge in [0.1, 0.15) is 0 Å². The van der Waals surface area contributed by atoms with Crippen molar-refractivity contribution in [2.45, 2.75) is 25.3 Å². The zero-order valence-corrected chi connectivity index (χ0v) is 9.65. The first-order valence-corrected chi connectivity index (χ1v) is 5.83. The van der Waals surface area contributed by atoms with Gasteiger partial charge in [-0.1, -0.05) is 6.42 Å². The van der Waals surface area contributed by atoms with E-state index in [4.69, 9.17) is 0 Å². The Kier molecular flexibility index (Phi) is 3.43. The number of methoxy groups -OCH3 is 1. The second kappa shape index (κ2) is 4.82. The van der Waals surface area contributed by atoms with E-state index in [1.54, 1.807) is 4.90 Å². The number of piperidine rings is 1. The molecule has 0 bridgehead atoms. The van der Waals surface area contributed by atoms with Crippen LogP contribution in [0, 0.1) is 0 Å². The summed E-state index contributed by atoms with van der Waals surface area (Å²) in [7, 11) is 1.25. The fourth-order valence-electron chi connectivity index (χ4n) is 2.56. The van der Waals surface area contributed by atoms with Crippen molar-refractivity contribution in [1.82, 2.24) is 9.80 Å². The Bertz CT molecular complexity index is 293. The summed E-state index contributed by atoms with van der Waals surface area (Å²) in [5.74, 6) is -1.24. The highest BCUT2D eigenvalue weighted by atomic mass is 16.5. The Hall–Kier alpha value is -1.10. The minimum Gasteiger partial charge on any atom is -0.462 e. The van der Waals surface area contributed by atoms with Gasteiger partial charge < -0.3 is 9.64 Å². The second-order valence-corrected chi connectivity index (χ2v) is 4.43. The van der Waals surface area contributed by atoms with Crippen molar-refractivity contribution in [2.75, 3.05) is 33.3 Å². The minimum atomic E-state index is -0.746. The molecule has 0 aliphatic carbocycles. The van der Waals surface area contributed by atoms with E-state index in [-0.39, 0.29) is 0 Å². The number of carbonyl (C=O) groups excluding carboxylic acids is 2. The van der Waals surface area contributed by atoms with Crippen LogP contribution < -0.4 is 0 Å². The molecule has 0 saturated carbocycles. The standard InChI is InChI=1S/C11H18N2O3/c1-16-11(15)10(14)13-7-6-12-5-3-2-4-9(12)8-13/h9H,2-8H2,1H3. The van der Waals surface area contributed by atoms with Crippen LogP contribution in [0.1, 0.15) is 19.3 Å². The molecule has 2 fully saturated rings. The van der Waals surface area contributed by atoms with Gasteiger partial charge in [0.05, 0.1) is 7.11 Å². The van der Waals surface area contributed by atoms with E-state index in [1.165, 1.54) is 20.0 Å². The van der Waals surface area contributed by atoms with Gasteiger partial charge in [-0.2, -0.15) is 0 Å². The Labute approximate surface area is 95.3 Å². The quantitative estimate of drug-likeness (QED) is 0.426. The van der Waals surface area contributed by atoms with Crippen molar-refractivity contribution in [1.29, 1.82) is 0 Å². The maximum Gasteiger partial charge on any atom is 0.396 e. The smallest absolute Gasteiger partial charge is 0.396 e. The third-order valence-electron chi connectivity index (χ3n) is 3.48. The van der Waals surface area contributed by atoms with Crippen LogP contribution in [0.5, 0.6) is 0 Å². The molecular formula is C11H18N2O3. The lowest BCUT2D eigenvalue weighted by atomic mass is 9.99. The summed E-state index contributed by atoms with van der Waals surface area (Å²) in [6.45, 7) is 3.33. The van der Waals surface area contributed by atoms with Crippen LogP contribution in [0.4, 0.5) is 0 Å². The van der Waals surface area contributed by atoms with Crippen LogP contribution >= 0.6 is 0 Å². The first-order valence-electron chi connectivity index (χ1n) is 5.83. The zero-order chi connectivity index (χ0) is 11.5. The summed E-state index contributed by atoms with van der Waals surface area (Å²) in [6, 6.07) is 0.441. The third-order valence-corrected chi connectivity index (χ3v) is 3.48. The summed E-state index contributed by atoms with van der Waals surface area (Å²) in [5, 5.41) is 0. The molecular weight excluding hydrogens is 208 g/mol. The molecule has 0 aromatic carbocycles. The van der Waals surface area contributed by atoms with Crippen molar-refractivity contribution in [3.05, 3.63) is 0 Å². The van der Waals surface area contributed by atoms with Crippen molar-refractivity contribution in [3.8, 4) is 0 Å². The van der Waals surface area contributed by atoms with E-state index in [0.717, 1.165) is 19.5 Å². The number of hydrogen-bond donors (Lipinski definition) is 0. The van der Waals surface area contributed by atoms with E-state index in [0.29, 0.717) is 19.1 Å². The van der Waals surface area contributed by atoms with Crippen LogP contribution in [-0.2, 0) is 14.3 Å². The fraction of sp³-hybridized carbons (Fsp3) is 0.818. The van der Waals surface area contributed by atoms with E-state index >= 15 is 0 Å². The maximum absolute atomic E-state index is 11.6. The first kappa shape index (κ1) is 11.4. The molecule has 2 rings (SSSR count). The van der Waals surface area contributed by atoms with Gasteiger partial charge in [0.25, 0.3) is 0 Å². The van der Waals surface area contributed by atoms with Crippen molar-refractivity contribution < 1.29 is 14.3 Å². The Morgan fingerprint density at radius 2 is 2.00 bits per heavy atom. The molecule has 0 aromatic rings. The van der Waals surface area contributed by atoms with Gasteiger partial charge in [0, 0.05) is 25.7 Å². The SMILES string of the molecule is COC(=O)C(=O)N1CCN2CCCCC2C1. The summed E-state index contributed by atoms with van der Waals surface area (Å²) >= 11 is 0. The van der Waals surface area contributed by atoms with E-state index in [2.05, 4.69) is 9.64 Å². The molecule has 90 valence electrons. The molecule has 5 nitrogen and oxygen atoms in total. The van der Waals surface area contributed by atoms with Gasteiger partial charge >= 0.3 is 11.9 Å². The average molecular weight is 226 g/mol. The lowest BCUT2D eigenvalue weighted by Crippen LogP contribution is -2.57. The van der Waals surface area contributed by atoms with Crippen molar-refractivity contribution in [3.63, 3.8) is 0 Å². The molecule has 0 spiro atoms. The number of amides is 1. The Morgan fingerprint density at radius 3 is 2.75 bits per heavy atom. The lowest BCUT2D eigenvalue weighted by molar-refractivity contribution is -0.159. The van der Waals surface area contributed by atoms with E-state index in [1.807, 2.05) is 0 Å². The van der Waals surface area contributed by atoms with Crippen molar-refractivity contribution in [2.24, 2.45) is 0 Å². The number of fused-ring (bicyclic) bond motifs is 1. The zero-order valence-electron chi connectivity index (χ0n) is 9.65. The van der Waals surface area contributed by atoms with Crippen LogP contribution in [0.25, 0.3) is 0 Å². The third kappa shape index (κ3) is 2.19. The molecule has 5 heteroatoms. The van der Waals surface area contributed by atoms with Gasteiger partial charge in [-0.3, -0.25) is 9.69 Å². The highest BCUT2D eigenvalue weighted by molar-refractivity contribution is 6.32. The largest absolute Gasteiger partial charge is 0.462 e. The van der Waals surface area contributed by atoms with Crippen LogP contribution in [-0.4, -0.2) is 61.0 Å². The average Bonchev–Trinajstić information content (AvgIpc) is 2.36. The van der Waals surface area contributed by atoms with Gasteiger partial charge in [-0.25, -0.2) is 4.79 Å². The number of nitrogens with zero attached hydrogens (tertiary/aromatic N) is 2. The molecule has 2 heterocycles. The predicted molar refractivity (Wildman–Crippen MR) is 57.8 cm³/mol. The summed E-state index contributed by atoms with van der Waals surface area (Å²) in [5.41, 5.74) is 0. The Morgan fingerprint density at radius 1 is 1.19 bits per heavy atom. The van der Waals surface area contributed by atoms with Gasteiger partial charge in [-0.05, 0) is 19.4 Å². The Balaban J connectivity index is 1.94. The molecule has 0 N–H and O–H groups in total. The number of carbonyl (C=O) groups is 2. The first-order chi connectivity index (χ1) is 7.72. The number of piperazine rings is 1. The summed E-state index contributed by atoms with van der Waals surface area (Å²) in [6.07, 6.45) is 3.60. The van der Waals surface area contributed by atoms with Crippen molar-refractivity contribution >= 4 is 11.9 Å². The van der Waals surface area contributed by atoms with Gasteiger partial charge in [-0.15, -0.1) is 0 Å². The number of rotatable bonds is 0. The number of hydrogen-bond acceptors (Lipinski definition) is 4. The number of esters is 1. The second-order valence-electron chi connectivity index (χ2n) is 4.43. The molecule has 0 radical (unpaired) electrons. The van der Waals surface area contributed by atoms with Gasteiger partial charge in [0.2, 0.25) is 0 Å². The summed E-state index contributed by atoms with van der Waals surface area (Å²) in [4.78, 5) is 26.8. The molecule has 16 heavy (non-hydrogen) atoms. The highest BCUT2D eigenvalue weighted by Crippen LogP contribution is 2.21. The molecule has 0 aromatic heterocycles. The van der Waals surface area contributed by atoms with Gasteiger partial charge in [0.15, 0.2) is 0 Å². The molecule has 1 unspecified atom stereocenters. The maximum atomic E-state index is 11.6. The molecule has 2 aliphatic heterocycles. The molecule has 2 aliphatic rings. The van der Waals surface area contributed by atoms with E-state index in [9.17, 15) is 9.59 Å². The van der Waals surface area contributed by atoms with E-state index < -0.39 is 11.9 Å². The highest BCUT2D eigenvalue weighted by Gasteiger charge is 2.33. The minimum absolute atomic E-state index is 0.441. The molecule has 1 amide bonds. The molecule has 2 saturated heterocycles. The molecule has 1 atom stereocenters. The topological polar surface area (TPSA) is 49.9 Å². The van der Waals surface area contributed by atoms with Crippen LogP contribution in [0.2, 0.25) is 0 Å². The van der Waals surface area contributed by atoms with Crippen LogP contribution in [0.15, 0.2) is 0 Å². The predicted octanol–water partition coefficient (Wildman–Crippen LogP) is -0.144. The normalized spacial score (nSPS) is 26.1.